The Morgan fingerprint density at radius 2 is 1.81 bits per heavy atom. The molecule has 3 rings (SSSR count). The minimum Gasteiger partial charge on any atom is -0.338 e. The van der Waals surface area contributed by atoms with E-state index in [1.807, 2.05) is 24.3 Å². The van der Waals surface area contributed by atoms with Crippen LogP contribution in [-0.4, -0.2) is 10.1 Å². The zero-order valence-corrected chi connectivity index (χ0v) is 13.2. The van der Waals surface area contributed by atoms with E-state index in [0.717, 1.165) is 31.2 Å². The van der Waals surface area contributed by atoms with Gasteiger partial charge in [-0.05, 0) is 44.4 Å². The van der Waals surface area contributed by atoms with Crippen LogP contribution in [-0.2, 0) is 11.0 Å². The van der Waals surface area contributed by atoms with Crippen molar-refractivity contribution in [2.45, 2.75) is 50.5 Å². The summed E-state index contributed by atoms with van der Waals surface area (Å²) in [6, 6.07) is 7.72. The monoisotopic (exact) mass is 305 g/mol. The lowest BCUT2D eigenvalue weighted by Crippen LogP contribution is -2.34. The SMILES string of the molecule is CC(C)(c1ccc(Cl)cc1)c1nc(C2(N)CCCC2)no1. The average Bonchev–Trinajstić information content (AvgIpc) is 3.09. The van der Waals surface area contributed by atoms with Crippen molar-refractivity contribution < 1.29 is 4.52 Å². The summed E-state index contributed by atoms with van der Waals surface area (Å²) in [6.45, 7) is 4.12. The van der Waals surface area contributed by atoms with Crippen molar-refractivity contribution in [2.75, 3.05) is 0 Å². The van der Waals surface area contributed by atoms with E-state index in [9.17, 15) is 0 Å². The molecule has 1 fully saturated rings. The van der Waals surface area contributed by atoms with Gasteiger partial charge in [0.05, 0.1) is 11.0 Å². The van der Waals surface area contributed by atoms with E-state index in [0.29, 0.717) is 16.7 Å². The van der Waals surface area contributed by atoms with E-state index in [1.54, 1.807) is 0 Å². The second-order valence-corrected chi connectivity index (χ2v) is 6.85. The number of rotatable bonds is 3. The Balaban J connectivity index is 1.93. The standard InChI is InChI=1S/C16H20ClN3O/c1-15(2,11-5-7-12(17)8-6-11)14-19-13(20-21-14)16(18)9-3-4-10-16/h5-8H,3-4,9-10,18H2,1-2H3. The van der Waals surface area contributed by atoms with Crippen molar-refractivity contribution in [3.63, 3.8) is 0 Å². The summed E-state index contributed by atoms with van der Waals surface area (Å²) in [5.41, 5.74) is 6.69. The molecule has 2 aromatic rings. The summed E-state index contributed by atoms with van der Waals surface area (Å²) in [5, 5.41) is 4.86. The molecule has 0 atom stereocenters. The highest BCUT2D eigenvalue weighted by Crippen LogP contribution is 2.37. The first-order valence-electron chi connectivity index (χ1n) is 7.31. The van der Waals surface area contributed by atoms with Crippen LogP contribution in [0.3, 0.4) is 0 Å². The average molecular weight is 306 g/mol. The fourth-order valence-electron chi connectivity index (χ4n) is 2.90. The Labute approximate surface area is 129 Å². The van der Waals surface area contributed by atoms with Gasteiger partial charge in [0.1, 0.15) is 0 Å². The van der Waals surface area contributed by atoms with Crippen molar-refractivity contribution in [3.8, 4) is 0 Å². The summed E-state index contributed by atoms with van der Waals surface area (Å²) >= 11 is 5.95. The number of aromatic nitrogens is 2. The van der Waals surface area contributed by atoms with Gasteiger partial charge in [-0.1, -0.05) is 41.7 Å². The van der Waals surface area contributed by atoms with Gasteiger partial charge >= 0.3 is 0 Å². The normalized spacial score (nSPS) is 18.1. The molecule has 1 aliphatic carbocycles. The van der Waals surface area contributed by atoms with E-state index in [-0.39, 0.29) is 5.41 Å². The first-order valence-corrected chi connectivity index (χ1v) is 7.69. The molecule has 0 spiro atoms. The molecular formula is C16H20ClN3O. The molecule has 2 N–H and O–H groups in total. The van der Waals surface area contributed by atoms with Gasteiger partial charge in [-0.25, -0.2) is 0 Å². The maximum atomic E-state index is 6.39. The van der Waals surface area contributed by atoms with Gasteiger partial charge in [-0.2, -0.15) is 4.98 Å². The Morgan fingerprint density at radius 3 is 2.43 bits per heavy atom. The third-order valence-corrected chi connectivity index (χ3v) is 4.72. The van der Waals surface area contributed by atoms with Crippen LogP contribution in [0.4, 0.5) is 0 Å². The molecule has 1 aromatic heterocycles. The van der Waals surface area contributed by atoms with Crippen LogP contribution in [0, 0.1) is 0 Å². The van der Waals surface area contributed by atoms with Crippen LogP contribution in [0.5, 0.6) is 0 Å². The van der Waals surface area contributed by atoms with Crippen molar-refractivity contribution >= 4 is 11.6 Å². The lowest BCUT2D eigenvalue weighted by molar-refractivity contribution is 0.318. The van der Waals surface area contributed by atoms with Crippen LogP contribution in [0.25, 0.3) is 0 Å². The fraction of sp³-hybridized carbons (Fsp3) is 0.500. The molecule has 1 saturated carbocycles. The molecular weight excluding hydrogens is 286 g/mol. The summed E-state index contributed by atoms with van der Waals surface area (Å²) in [5.74, 6) is 1.23. The van der Waals surface area contributed by atoms with E-state index >= 15 is 0 Å². The predicted molar refractivity (Wildman–Crippen MR) is 82.2 cm³/mol. The fourth-order valence-corrected chi connectivity index (χ4v) is 3.03. The molecule has 21 heavy (non-hydrogen) atoms. The zero-order valence-electron chi connectivity index (χ0n) is 12.4. The van der Waals surface area contributed by atoms with Crippen LogP contribution in [0.1, 0.15) is 56.8 Å². The quantitative estimate of drug-likeness (QED) is 0.937. The minimum absolute atomic E-state index is 0.370. The Hall–Kier alpha value is -1.39. The number of benzene rings is 1. The van der Waals surface area contributed by atoms with Crippen molar-refractivity contribution in [1.29, 1.82) is 0 Å². The highest BCUT2D eigenvalue weighted by atomic mass is 35.5. The minimum atomic E-state index is -0.419. The van der Waals surface area contributed by atoms with Gasteiger partial charge in [0.25, 0.3) is 0 Å². The smallest absolute Gasteiger partial charge is 0.236 e. The van der Waals surface area contributed by atoms with E-state index in [1.165, 1.54) is 0 Å². The highest BCUT2D eigenvalue weighted by Gasteiger charge is 2.38. The van der Waals surface area contributed by atoms with Crippen molar-refractivity contribution in [1.82, 2.24) is 10.1 Å². The topological polar surface area (TPSA) is 64.9 Å². The molecule has 0 aliphatic heterocycles. The summed E-state index contributed by atoms with van der Waals surface area (Å²) in [7, 11) is 0. The van der Waals surface area contributed by atoms with E-state index in [2.05, 4.69) is 24.0 Å². The molecule has 0 amide bonds. The highest BCUT2D eigenvalue weighted by molar-refractivity contribution is 6.30. The molecule has 1 aromatic carbocycles. The molecule has 1 aliphatic rings. The van der Waals surface area contributed by atoms with Gasteiger partial charge in [0.2, 0.25) is 5.89 Å². The number of nitrogens with two attached hydrogens (primary N) is 1. The van der Waals surface area contributed by atoms with Crippen LogP contribution in [0.2, 0.25) is 5.02 Å². The van der Waals surface area contributed by atoms with E-state index in [4.69, 9.17) is 21.9 Å². The van der Waals surface area contributed by atoms with Crippen LogP contribution < -0.4 is 5.73 Å². The number of halogens is 1. The largest absolute Gasteiger partial charge is 0.338 e. The Bertz CT molecular complexity index is 627. The second-order valence-electron chi connectivity index (χ2n) is 6.42. The van der Waals surface area contributed by atoms with Gasteiger partial charge in [0, 0.05) is 5.02 Å². The Morgan fingerprint density at radius 1 is 1.19 bits per heavy atom. The van der Waals surface area contributed by atoms with Crippen LogP contribution >= 0.6 is 11.6 Å². The van der Waals surface area contributed by atoms with E-state index < -0.39 is 5.54 Å². The summed E-state index contributed by atoms with van der Waals surface area (Å²) in [4.78, 5) is 4.60. The molecule has 112 valence electrons. The van der Waals surface area contributed by atoms with Gasteiger partial charge < -0.3 is 10.3 Å². The molecule has 5 heteroatoms. The second kappa shape index (κ2) is 5.11. The third kappa shape index (κ3) is 2.58. The first kappa shape index (κ1) is 14.5. The summed E-state index contributed by atoms with van der Waals surface area (Å²) in [6.07, 6.45) is 4.10. The molecule has 0 unspecified atom stereocenters. The summed E-state index contributed by atoms with van der Waals surface area (Å²) < 4.78 is 5.52. The molecule has 4 nitrogen and oxygen atoms in total. The number of nitrogens with zero attached hydrogens (tertiary/aromatic N) is 2. The van der Waals surface area contributed by atoms with Gasteiger partial charge in [0.15, 0.2) is 5.82 Å². The zero-order chi connectivity index (χ0) is 15.1. The van der Waals surface area contributed by atoms with Crippen molar-refractivity contribution in [3.05, 3.63) is 46.6 Å². The Kier molecular flexibility index (Phi) is 3.54. The molecule has 0 radical (unpaired) electrons. The lowest BCUT2D eigenvalue weighted by Gasteiger charge is -2.21. The number of hydrogen-bond donors (Lipinski definition) is 1. The third-order valence-electron chi connectivity index (χ3n) is 4.47. The molecule has 0 bridgehead atoms. The maximum Gasteiger partial charge on any atom is 0.236 e. The predicted octanol–water partition coefficient (Wildman–Crippen LogP) is 3.78. The molecule has 0 saturated heterocycles. The first-order chi connectivity index (χ1) is 9.92. The number of hydrogen-bond acceptors (Lipinski definition) is 4. The van der Waals surface area contributed by atoms with Gasteiger partial charge in [-0.3, -0.25) is 0 Å². The van der Waals surface area contributed by atoms with Gasteiger partial charge in [-0.15, -0.1) is 0 Å². The maximum absolute atomic E-state index is 6.39. The molecule has 1 heterocycles. The van der Waals surface area contributed by atoms with Crippen LogP contribution in [0.15, 0.2) is 28.8 Å². The lowest BCUT2D eigenvalue weighted by atomic mass is 9.84. The van der Waals surface area contributed by atoms with Crippen molar-refractivity contribution in [2.24, 2.45) is 5.73 Å².